The molecule has 1 heterocycles. The number of ketones is 1. The van der Waals surface area contributed by atoms with Crippen LogP contribution in [0.1, 0.15) is 17.2 Å². The molecule has 5 nitrogen and oxygen atoms in total. The Morgan fingerprint density at radius 1 is 1.00 bits per heavy atom. The Bertz CT molecular complexity index is 1190. The van der Waals surface area contributed by atoms with Gasteiger partial charge in [0, 0.05) is 10.7 Å². The Hall–Kier alpha value is -3.64. The predicted octanol–water partition coefficient (Wildman–Crippen LogP) is 5.11. The minimum absolute atomic E-state index is 0.0962. The third-order valence-electron chi connectivity index (χ3n) is 5.10. The van der Waals surface area contributed by atoms with Crippen LogP contribution < -0.4 is 9.64 Å². The largest absolute Gasteiger partial charge is 0.507 e. The molecule has 31 heavy (non-hydrogen) atoms. The number of benzene rings is 3. The second-order valence-corrected chi connectivity index (χ2v) is 7.33. The number of carbonyl (C=O) groups excluding carboxylic acids is 2. The second kappa shape index (κ2) is 8.24. The molecule has 1 aliphatic rings. The molecular formula is C24H17ClFNO4. The number of hydrogen-bond acceptors (Lipinski definition) is 4. The molecule has 1 aliphatic heterocycles. The van der Waals surface area contributed by atoms with Gasteiger partial charge in [-0.15, -0.1) is 0 Å². The lowest BCUT2D eigenvalue weighted by atomic mass is 9.95. The highest BCUT2D eigenvalue weighted by Gasteiger charge is 2.47. The number of ether oxygens (including phenoxy) is 1. The van der Waals surface area contributed by atoms with Crippen LogP contribution in [0.2, 0.25) is 5.02 Å². The quantitative estimate of drug-likeness (QED) is 0.350. The van der Waals surface area contributed by atoms with Gasteiger partial charge in [0.25, 0.3) is 11.7 Å². The van der Waals surface area contributed by atoms with Crippen LogP contribution in [0.15, 0.2) is 78.4 Å². The maximum atomic E-state index is 13.5. The van der Waals surface area contributed by atoms with Crippen molar-refractivity contribution in [2.75, 3.05) is 12.0 Å². The fourth-order valence-electron chi connectivity index (χ4n) is 3.65. The van der Waals surface area contributed by atoms with Crippen LogP contribution in [0.3, 0.4) is 0 Å². The van der Waals surface area contributed by atoms with Gasteiger partial charge in [-0.1, -0.05) is 35.9 Å². The third kappa shape index (κ3) is 3.66. The van der Waals surface area contributed by atoms with Crippen LogP contribution in [0.25, 0.3) is 5.76 Å². The van der Waals surface area contributed by atoms with Crippen molar-refractivity contribution in [3.63, 3.8) is 0 Å². The zero-order valence-electron chi connectivity index (χ0n) is 16.4. The molecule has 1 unspecified atom stereocenters. The van der Waals surface area contributed by atoms with E-state index in [1.165, 1.54) is 36.3 Å². The average Bonchev–Trinajstić information content (AvgIpc) is 3.05. The molecule has 3 aromatic rings. The lowest BCUT2D eigenvalue weighted by molar-refractivity contribution is -0.132. The lowest BCUT2D eigenvalue weighted by Gasteiger charge is -2.25. The minimum Gasteiger partial charge on any atom is -0.507 e. The van der Waals surface area contributed by atoms with E-state index in [1.54, 1.807) is 48.5 Å². The molecule has 0 aromatic heterocycles. The van der Waals surface area contributed by atoms with Crippen molar-refractivity contribution in [2.24, 2.45) is 0 Å². The van der Waals surface area contributed by atoms with Gasteiger partial charge >= 0.3 is 0 Å². The summed E-state index contributed by atoms with van der Waals surface area (Å²) in [6.07, 6.45) is 0. The molecule has 1 saturated heterocycles. The Morgan fingerprint density at radius 3 is 2.29 bits per heavy atom. The Balaban J connectivity index is 1.96. The van der Waals surface area contributed by atoms with Gasteiger partial charge in [-0.25, -0.2) is 4.39 Å². The predicted molar refractivity (Wildman–Crippen MR) is 116 cm³/mol. The van der Waals surface area contributed by atoms with Gasteiger partial charge in [-0.05, 0) is 54.1 Å². The molecule has 0 aliphatic carbocycles. The van der Waals surface area contributed by atoms with Gasteiger partial charge in [-0.2, -0.15) is 0 Å². The summed E-state index contributed by atoms with van der Waals surface area (Å²) in [4.78, 5) is 27.3. The van der Waals surface area contributed by atoms with Crippen LogP contribution in [-0.2, 0) is 9.59 Å². The average molecular weight is 438 g/mol. The number of anilines is 1. The van der Waals surface area contributed by atoms with Gasteiger partial charge in [-0.3, -0.25) is 14.5 Å². The van der Waals surface area contributed by atoms with Gasteiger partial charge < -0.3 is 9.84 Å². The van der Waals surface area contributed by atoms with E-state index in [9.17, 15) is 19.1 Å². The number of halogens is 2. The molecule has 7 heteroatoms. The summed E-state index contributed by atoms with van der Waals surface area (Å²) < 4.78 is 18.8. The summed E-state index contributed by atoms with van der Waals surface area (Å²) in [5.74, 6) is -2.17. The number of methoxy groups -OCH3 is 1. The van der Waals surface area contributed by atoms with Crippen LogP contribution in [-0.4, -0.2) is 23.9 Å². The van der Waals surface area contributed by atoms with Gasteiger partial charge in [0.15, 0.2) is 0 Å². The fraction of sp³-hybridized carbons (Fsp3) is 0.0833. The first-order valence-electron chi connectivity index (χ1n) is 9.38. The molecule has 0 saturated carbocycles. The van der Waals surface area contributed by atoms with Gasteiger partial charge in [0.2, 0.25) is 0 Å². The summed E-state index contributed by atoms with van der Waals surface area (Å²) in [6.45, 7) is 0. The normalized spacial score (nSPS) is 17.8. The van der Waals surface area contributed by atoms with E-state index >= 15 is 0 Å². The number of hydrogen-bond donors (Lipinski definition) is 1. The molecule has 3 aromatic carbocycles. The number of carbonyl (C=O) groups is 2. The Labute approximate surface area is 182 Å². The molecule has 1 atom stereocenters. The third-order valence-corrected chi connectivity index (χ3v) is 5.35. The number of aliphatic hydroxyl groups is 1. The number of amides is 1. The van der Waals surface area contributed by atoms with Crippen molar-refractivity contribution in [3.8, 4) is 5.75 Å². The first kappa shape index (κ1) is 20.6. The Kier molecular flexibility index (Phi) is 5.48. The number of nitrogens with zero attached hydrogens (tertiary/aromatic N) is 1. The molecule has 1 fully saturated rings. The summed E-state index contributed by atoms with van der Waals surface area (Å²) >= 11 is 6.01. The lowest BCUT2D eigenvalue weighted by Crippen LogP contribution is -2.29. The zero-order chi connectivity index (χ0) is 22.1. The van der Waals surface area contributed by atoms with Crippen LogP contribution in [0, 0.1) is 5.82 Å². The number of Topliss-reactive ketones (excluding diaryl/α,β-unsaturated/α-hetero) is 1. The minimum atomic E-state index is -0.937. The molecule has 4 rings (SSSR count). The first-order chi connectivity index (χ1) is 14.9. The van der Waals surface area contributed by atoms with E-state index < -0.39 is 23.5 Å². The van der Waals surface area contributed by atoms with E-state index in [1.807, 2.05) is 0 Å². The number of rotatable bonds is 4. The van der Waals surface area contributed by atoms with Crippen molar-refractivity contribution in [1.82, 2.24) is 0 Å². The highest BCUT2D eigenvalue weighted by molar-refractivity contribution is 6.51. The molecule has 1 N–H and O–H groups in total. The van der Waals surface area contributed by atoms with Gasteiger partial charge in [0.1, 0.15) is 17.3 Å². The summed E-state index contributed by atoms with van der Waals surface area (Å²) in [5, 5.41) is 11.6. The molecule has 0 spiro atoms. The van der Waals surface area contributed by atoms with Crippen LogP contribution in [0.4, 0.5) is 10.1 Å². The zero-order valence-corrected chi connectivity index (χ0v) is 17.1. The van der Waals surface area contributed by atoms with Crippen molar-refractivity contribution in [3.05, 3.63) is 100 Å². The molecular weight excluding hydrogens is 421 g/mol. The van der Waals surface area contributed by atoms with E-state index in [4.69, 9.17) is 16.3 Å². The molecule has 0 radical (unpaired) electrons. The SMILES string of the molecule is COc1ccccc1/C(O)=C1/C(=O)C(=O)N(c2ccc(F)cc2)C1c1ccc(Cl)cc1. The maximum Gasteiger partial charge on any atom is 0.300 e. The topological polar surface area (TPSA) is 66.8 Å². The van der Waals surface area contributed by atoms with Gasteiger partial charge in [0.05, 0.1) is 24.3 Å². The van der Waals surface area contributed by atoms with Crippen molar-refractivity contribution in [1.29, 1.82) is 0 Å². The highest BCUT2D eigenvalue weighted by Crippen LogP contribution is 2.43. The molecule has 0 bridgehead atoms. The first-order valence-corrected chi connectivity index (χ1v) is 9.75. The summed E-state index contributed by atoms with van der Waals surface area (Å²) in [5.41, 5.74) is 1.06. The van der Waals surface area contributed by atoms with Crippen LogP contribution >= 0.6 is 11.6 Å². The number of aliphatic hydroxyl groups excluding tert-OH is 1. The second-order valence-electron chi connectivity index (χ2n) is 6.90. The van der Waals surface area contributed by atoms with E-state index in [2.05, 4.69) is 0 Å². The number of para-hydroxylation sites is 1. The van der Waals surface area contributed by atoms with E-state index in [0.29, 0.717) is 22.0 Å². The Morgan fingerprint density at radius 2 is 1.65 bits per heavy atom. The van der Waals surface area contributed by atoms with Crippen LogP contribution in [0.5, 0.6) is 5.75 Å². The summed E-state index contributed by atoms with van der Waals surface area (Å²) in [6, 6.07) is 17.5. The summed E-state index contributed by atoms with van der Waals surface area (Å²) in [7, 11) is 1.44. The van der Waals surface area contributed by atoms with Crippen molar-refractivity contribution < 1.29 is 23.8 Å². The van der Waals surface area contributed by atoms with E-state index in [-0.39, 0.29) is 16.9 Å². The standard InChI is InChI=1S/C24H17ClFNO4/c1-31-19-5-3-2-4-18(19)22(28)20-21(14-6-8-15(25)9-7-14)27(24(30)23(20)29)17-12-10-16(26)11-13-17/h2-13,21,28H,1H3/b22-20-. The maximum absolute atomic E-state index is 13.5. The fourth-order valence-corrected chi connectivity index (χ4v) is 3.77. The monoisotopic (exact) mass is 437 g/mol. The molecule has 156 valence electrons. The highest BCUT2D eigenvalue weighted by atomic mass is 35.5. The van der Waals surface area contributed by atoms with Crippen molar-refractivity contribution in [2.45, 2.75) is 6.04 Å². The molecule has 1 amide bonds. The smallest absolute Gasteiger partial charge is 0.300 e. The van der Waals surface area contributed by atoms with E-state index in [0.717, 1.165) is 0 Å². The van der Waals surface area contributed by atoms with Crippen molar-refractivity contribution >= 4 is 34.7 Å².